The second kappa shape index (κ2) is 12.1. The van der Waals surface area contributed by atoms with Gasteiger partial charge in [-0.05, 0) is 55.0 Å². The topological polar surface area (TPSA) is 66.1 Å². The fraction of sp³-hybridized carbons (Fsp3) is 0.458. The van der Waals surface area contributed by atoms with Gasteiger partial charge in [0, 0.05) is 50.6 Å². The number of hydrogen-bond acceptors (Lipinski definition) is 5. The normalized spacial score (nSPS) is 14.2. The van der Waals surface area contributed by atoms with Crippen LogP contribution in [0.25, 0.3) is 0 Å². The third-order valence-corrected chi connectivity index (χ3v) is 5.40. The summed E-state index contributed by atoms with van der Waals surface area (Å²) < 4.78 is 10.9. The maximum absolute atomic E-state index is 12.1. The van der Waals surface area contributed by atoms with Gasteiger partial charge in [-0.15, -0.1) is 0 Å². The number of benzene rings is 2. The van der Waals surface area contributed by atoms with E-state index in [1.165, 1.54) is 5.69 Å². The number of ether oxygens (including phenoxy) is 2. The molecule has 3 rings (SSSR count). The van der Waals surface area contributed by atoms with Gasteiger partial charge in [0.1, 0.15) is 11.5 Å². The van der Waals surface area contributed by atoms with Crippen molar-refractivity contribution in [2.75, 3.05) is 63.2 Å². The molecule has 1 heterocycles. The Labute approximate surface area is 185 Å². The van der Waals surface area contributed by atoms with E-state index in [0.29, 0.717) is 6.54 Å². The molecule has 0 saturated carbocycles. The molecule has 31 heavy (non-hydrogen) atoms. The lowest BCUT2D eigenvalue weighted by Gasteiger charge is -2.36. The number of nitrogens with one attached hydrogen (secondary N) is 2. The number of anilines is 2. The van der Waals surface area contributed by atoms with Gasteiger partial charge in [0.05, 0.1) is 13.7 Å². The molecule has 168 valence electrons. The zero-order valence-electron chi connectivity index (χ0n) is 18.6. The number of hydrogen-bond donors (Lipinski definition) is 2. The molecule has 2 aromatic carbocycles. The minimum Gasteiger partial charge on any atom is -0.497 e. The van der Waals surface area contributed by atoms with E-state index < -0.39 is 0 Å². The average molecular weight is 427 g/mol. The third-order valence-electron chi connectivity index (χ3n) is 5.40. The van der Waals surface area contributed by atoms with Crippen molar-refractivity contribution >= 4 is 17.4 Å². The Morgan fingerprint density at radius 3 is 2.29 bits per heavy atom. The van der Waals surface area contributed by atoms with Gasteiger partial charge in [-0.2, -0.15) is 0 Å². The smallest absolute Gasteiger partial charge is 0.319 e. The molecule has 1 fully saturated rings. The molecule has 2 N–H and O–H groups in total. The number of amides is 2. The van der Waals surface area contributed by atoms with Crippen LogP contribution in [0.3, 0.4) is 0 Å². The Morgan fingerprint density at radius 2 is 1.65 bits per heavy atom. The van der Waals surface area contributed by atoms with Gasteiger partial charge in [0.15, 0.2) is 0 Å². The van der Waals surface area contributed by atoms with E-state index in [2.05, 4.69) is 39.5 Å². The summed E-state index contributed by atoms with van der Waals surface area (Å²) in [4.78, 5) is 16.9. The van der Waals surface area contributed by atoms with Crippen molar-refractivity contribution in [3.8, 4) is 11.5 Å². The number of nitrogens with zero attached hydrogens (tertiary/aromatic N) is 2. The molecule has 1 saturated heterocycles. The van der Waals surface area contributed by atoms with E-state index in [1.807, 2.05) is 36.4 Å². The van der Waals surface area contributed by atoms with E-state index in [0.717, 1.165) is 69.4 Å². The summed E-state index contributed by atoms with van der Waals surface area (Å²) in [6.45, 7) is 8.23. The Hall–Kier alpha value is -2.93. The van der Waals surface area contributed by atoms with Gasteiger partial charge in [-0.3, -0.25) is 4.90 Å². The van der Waals surface area contributed by atoms with Crippen molar-refractivity contribution in [3.63, 3.8) is 0 Å². The van der Waals surface area contributed by atoms with Crippen molar-refractivity contribution in [1.82, 2.24) is 10.2 Å². The third kappa shape index (κ3) is 7.36. The lowest BCUT2D eigenvalue weighted by molar-refractivity contribution is 0.240. The van der Waals surface area contributed by atoms with Crippen LogP contribution in [0, 0.1) is 0 Å². The highest BCUT2D eigenvalue weighted by Crippen LogP contribution is 2.20. The molecule has 0 unspecified atom stereocenters. The molecule has 0 aromatic heterocycles. The fourth-order valence-corrected chi connectivity index (χ4v) is 3.49. The van der Waals surface area contributed by atoms with E-state index >= 15 is 0 Å². The number of methoxy groups -OCH3 is 1. The summed E-state index contributed by atoms with van der Waals surface area (Å²) in [5.74, 6) is 1.70. The van der Waals surface area contributed by atoms with Crippen molar-refractivity contribution in [1.29, 1.82) is 0 Å². The van der Waals surface area contributed by atoms with Gasteiger partial charge < -0.3 is 25.0 Å². The van der Waals surface area contributed by atoms with Gasteiger partial charge >= 0.3 is 6.03 Å². The first-order valence-electron chi connectivity index (χ1n) is 11.1. The molecule has 0 spiro atoms. The summed E-state index contributed by atoms with van der Waals surface area (Å²) in [6, 6.07) is 15.5. The van der Waals surface area contributed by atoms with E-state index in [9.17, 15) is 4.79 Å². The quantitative estimate of drug-likeness (QED) is 0.566. The summed E-state index contributed by atoms with van der Waals surface area (Å²) in [6.07, 6.45) is 2.15. The van der Waals surface area contributed by atoms with Crippen LogP contribution in [-0.4, -0.2) is 63.9 Å². The second-order valence-corrected chi connectivity index (χ2v) is 7.63. The Morgan fingerprint density at radius 1 is 0.968 bits per heavy atom. The highest BCUT2D eigenvalue weighted by molar-refractivity contribution is 5.89. The zero-order valence-corrected chi connectivity index (χ0v) is 18.6. The SMILES string of the molecule is CCCCOc1ccc(NC(=O)NCCN2CCN(c3ccc(OC)cc3)CC2)cc1. The molecule has 7 heteroatoms. The van der Waals surface area contributed by atoms with E-state index in [1.54, 1.807) is 7.11 Å². The van der Waals surface area contributed by atoms with Crippen molar-refractivity contribution in [2.45, 2.75) is 19.8 Å². The lowest BCUT2D eigenvalue weighted by Crippen LogP contribution is -2.48. The molecule has 2 amide bonds. The van der Waals surface area contributed by atoms with Crippen molar-refractivity contribution in [3.05, 3.63) is 48.5 Å². The van der Waals surface area contributed by atoms with Gasteiger partial charge in [-0.25, -0.2) is 4.79 Å². The highest BCUT2D eigenvalue weighted by atomic mass is 16.5. The van der Waals surface area contributed by atoms with Crippen LogP contribution in [0.15, 0.2) is 48.5 Å². The summed E-state index contributed by atoms with van der Waals surface area (Å²) in [5, 5.41) is 5.81. The molecule has 0 radical (unpaired) electrons. The van der Waals surface area contributed by atoms with Gasteiger partial charge in [0.25, 0.3) is 0 Å². The van der Waals surface area contributed by atoms with Crippen LogP contribution < -0.4 is 25.0 Å². The monoisotopic (exact) mass is 426 g/mol. The number of piperazine rings is 1. The van der Waals surface area contributed by atoms with Gasteiger partial charge in [0.2, 0.25) is 0 Å². The maximum Gasteiger partial charge on any atom is 0.319 e. The average Bonchev–Trinajstić information content (AvgIpc) is 2.81. The van der Waals surface area contributed by atoms with Crippen LogP contribution in [0.5, 0.6) is 11.5 Å². The highest BCUT2D eigenvalue weighted by Gasteiger charge is 2.17. The number of carbonyl (C=O) groups excluding carboxylic acids is 1. The van der Waals surface area contributed by atoms with Crippen LogP contribution in [-0.2, 0) is 0 Å². The predicted octanol–water partition coefficient (Wildman–Crippen LogP) is 3.82. The summed E-state index contributed by atoms with van der Waals surface area (Å²) >= 11 is 0. The Kier molecular flexibility index (Phi) is 8.84. The van der Waals surface area contributed by atoms with E-state index in [-0.39, 0.29) is 6.03 Å². The molecular weight excluding hydrogens is 392 g/mol. The zero-order chi connectivity index (χ0) is 21.9. The molecule has 1 aliphatic rings. The largest absolute Gasteiger partial charge is 0.497 e. The maximum atomic E-state index is 12.1. The molecule has 1 aliphatic heterocycles. The first kappa shape index (κ1) is 22.7. The summed E-state index contributed by atoms with van der Waals surface area (Å²) in [5.41, 5.74) is 1.98. The Balaban J connectivity index is 1.32. The summed E-state index contributed by atoms with van der Waals surface area (Å²) in [7, 11) is 1.68. The number of rotatable bonds is 10. The van der Waals surface area contributed by atoms with Crippen molar-refractivity contribution in [2.24, 2.45) is 0 Å². The number of urea groups is 1. The van der Waals surface area contributed by atoms with E-state index in [4.69, 9.17) is 9.47 Å². The standard InChI is InChI=1S/C24H34N4O3/c1-3-4-19-31-23-9-5-20(6-10-23)26-24(29)25-13-14-27-15-17-28(18-16-27)21-7-11-22(30-2)12-8-21/h5-12H,3-4,13-19H2,1-2H3,(H2,25,26,29). The van der Waals surface area contributed by atoms with Crippen LogP contribution >= 0.6 is 0 Å². The lowest BCUT2D eigenvalue weighted by atomic mass is 10.2. The first-order chi connectivity index (χ1) is 15.2. The molecule has 0 aliphatic carbocycles. The minimum atomic E-state index is -0.184. The van der Waals surface area contributed by atoms with Crippen molar-refractivity contribution < 1.29 is 14.3 Å². The van der Waals surface area contributed by atoms with Gasteiger partial charge in [-0.1, -0.05) is 13.3 Å². The molecule has 7 nitrogen and oxygen atoms in total. The molecule has 0 bridgehead atoms. The molecule has 2 aromatic rings. The molecular formula is C24H34N4O3. The molecule has 0 atom stereocenters. The van der Waals surface area contributed by atoms with Crippen LogP contribution in [0.1, 0.15) is 19.8 Å². The first-order valence-corrected chi connectivity index (χ1v) is 11.1. The number of unbranched alkanes of at least 4 members (excludes halogenated alkanes) is 1. The predicted molar refractivity (Wildman–Crippen MR) is 126 cm³/mol. The number of carbonyl (C=O) groups is 1. The van der Waals surface area contributed by atoms with Crippen LogP contribution in [0.2, 0.25) is 0 Å². The minimum absolute atomic E-state index is 0.184. The Bertz CT molecular complexity index is 787. The fourth-order valence-electron chi connectivity index (χ4n) is 3.49. The van der Waals surface area contributed by atoms with Crippen LogP contribution in [0.4, 0.5) is 16.2 Å². The second-order valence-electron chi connectivity index (χ2n) is 7.63.